The lowest BCUT2D eigenvalue weighted by molar-refractivity contribution is -0.143. The number of nitrogens with two attached hydrogens (primary N) is 1. The summed E-state index contributed by atoms with van der Waals surface area (Å²) in [6, 6.07) is 0. The van der Waals surface area contributed by atoms with Crippen molar-refractivity contribution in [2.75, 3.05) is 33.4 Å². The maximum absolute atomic E-state index is 12.4. The number of ether oxygens (including phenoxy) is 1. The highest BCUT2D eigenvalue weighted by Crippen LogP contribution is 2.42. The topological polar surface area (TPSA) is 75.8 Å². The molecule has 98 valence electrons. The fraction of sp³-hybridized carbons (Fsp3) is 0.818. The van der Waals surface area contributed by atoms with Gasteiger partial charge >= 0.3 is 0 Å². The number of carbonyl (C=O) groups excluding carboxylic acids is 1. The maximum atomic E-state index is 12.4. The predicted octanol–water partition coefficient (Wildman–Crippen LogP) is -0.0899. The minimum atomic E-state index is -0.668. The van der Waals surface area contributed by atoms with Crippen molar-refractivity contribution in [1.82, 2.24) is 4.90 Å². The molecule has 0 aromatic rings. The summed E-state index contributed by atoms with van der Waals surface area (Å²) in [6.45, 7) is 1.13. The second-order valence-corrected chi connectivity index (χ2v) is 4.75. The molecule has 0 atom stereocenters. The van der Waals surface area contributed by atoms with E-state index in [9.17, 15) is 4.79 Å². The van der Waals surface area contributed by atoms with Crippen LogP contribution in [0.15, 0.2) is 0 Å². The Labute approximate surface area is 107 Å². The summed E-state index contributed by atoms with van der Waals surface area (Å²) in [5.74, 6) is -0.0673. The van der Waals surface area contributed by atoms with Crippen LogP contribution in [-0.4, -0.2) is 54.3 Å². The molecule has 0 radical (unpaired) electrons. The molecule has 0 aromatic heterocycles. The minimum Gasteiger partial charge on any atom is -0.395 e. The van der Waals surface area contributed by atoms with Gasteiger partial charge in [-0.05, 0) is 12.8 Å². The molecule has 1 amide bonds. The first-order valence-corrected chi connectivity index (χ1v) is 6.18. The Bertz CT molecular complexity index is 292. The van der Waals surface area contributed by atoms with E-state index >= 15 is 0 Å². The SMILES string of the molecule is COCCN(CCO)C(=O)C1(C(N)=S)CCC1. The molecule has 3 N–H and O–H groups in total. The van der Waals surface area contributed by atoms with Crippen molar-refractivity contribution < 1.29 is 14.6 Å². The van der Waals surface area contributed by atoms with Crippen molar-refractivity contribution in [3.8, 4) is 0 Å². The normalized spacial score (nSPS) is 17.3. The molecule has 0 unspecified atom stereocenters. The average Bonchev–Trinajstić information content (AvgIpc) is 2.21. The van der Waals surface area contributed by atoms with Gasteiger partial charge < -0.3 is 20.5 Å². The first-order chi connectivity index (χ1) is 8.08. The minimum absolute atomic E-state index is 0.0666. The molecule has 5 nitrogen and oxygen atoms in total. The number of amides is 1. The second kappa shape index (κ2) is 6.28. The fourth-order valence-corrected chi connectivity index (χ4v) is 2.33. The summed E-state index contributed by atoms with van der Waals surface area (Å²) in [5, 5.41) is 8.98. The van der Waals surface area contributed by atoms with Crippen molar-refractivity contribution in [1.29, 1.82) is 0 Å². The summed E-state index contributed by atoms with van der Waals surface area (Å²) in [4.78, 5) is 14.2. The molecule has 1 rings (SSSR count). The van der Waals surface area contributed by atoms with E-state index in [1.165, 1.54) is 0 Å². The monoisotopic (exact) mass is 260 g/mol. The molecule has 1 fully saturated rings. The highest BCUT2D eigenvalue weighted by molar-refractivity contribution is 7.80. The zero-order valence-corrected chi connectivity index (χ0v) is 11.0. The van der Waals surface area contributed by atoms with E-state index in [1.54, 1.807) is 12.0 Å². The van der Waals surface area contributed by atoms with E-state index in [4.69, 9.17) is 27.8 Å². The van der Waals surface area contributed by atoms with Crippen LogP contribution in [0, 0.1) is 5.41 Å². The van der Waals surface area contributed by atoms with Gasteiger partial charge in [0.15, 0.2) is 0 Å². The molecule has 1 aliphatic rings. The third kappa shape index (κ3) is 2.94. The van der Waals surface area contributed by atoms with Gasteiger partial charge in [-0.3, -0.25) is 4.79 Å². The van der Waals surface area contributed by atoms with Gasteiger partial charge in [0.1, 0.15) is 0 Å². The van der Waals surface area contributed by atoms with E-state index in [0.29, 0.717) is 19.7 Å². The van der Waals surface area contributed by atoms with Gasteiger partial charge in [-0.1, -0.05) is 18.6 Å². The van der Waals surface area contributed by atoms with Crippen molar-refractivity contribution in [3.05, 3.63) is 0 Å². The van der Waals surface area contributed by atoms with Gasteiger partial charge in [0, 0.05) is 20.2 Å². The molecule has 0 bridgehead atoms. The van der Waals surface area contributed by atoms with Gasteiger partial charge in [-0.2, -0.15) is 0 Å². The number of aliphatic hydroxyl groups excluding tert-OH is 1. The number of hydrogen-bond acceptors (Lipinski definition) is 4. The number of carbonyl (C=O) groups is 1. The number of thiocarbonyl (C=S) groups is 1. The summed E-state index contributed by atoms with van der Waals surface area (Å²) < 4.78 is 4.95. The lowest BCUT2D eigenvalue weighted by atomic mass is 9.67. The number of nitrogens with zero attached hydrogens (tertiary/aromatic N) is 1. The van der Waals surface area contributed by atoms with Crippen LogP contribution in [0.25, 0.3) is 0 Å². The maximum Gasteiger partial charge on any atom is 0.235 e. The second-order valence-electron chi connectivity index (χ2n) is 4.31. The van der Waals surface area contributed by atoms with Crippen LogP contribution < -0.4 is 5.73 Å². The van der Waals surface area contributed by atoms with E-state index in [1.807, 2.05) is 0 Å². The number of methoxy groups -OCH3 is 1. The lowest BCUT2D eigenvalue weighted by Gasteiger charge is -2.42. The van der Waals surface area contributed by atoms with Gasteiger partial charge in [-0.15, -0.1) is 0 Å². The van der Waals surface area contributed by atoms with Gasteiger partial charge in [0.25, 0.3) is 0 Å². The van der Waals surface area contributed by atoms with Crippen LogP contribution in [0.1, 0.15) is 19.3 Å². The molecule has 1 aliphatic carbocycles. The number of hydrogen-bond donors (Lipinski definition) is 2. The molecular formula is C11H20N2O3S. The number of aliphatic hydroxyl groups is 1. The Hall–Kier alpha value is -0.720. The average molecular weight is 260 g/mol. The van der Waals surface area contributed by atoms with E-state index in [2.05, 4.69) is 0 Å². The highest BCUT2D eigenvalue weighted by Gasteiger charge is 2.48. The van der Waals surface area contributed by atoms with Crippen molar-refractivity contribution in [2.45, 2.75) is 19.3 Å². The zero-order valence-electron chi connectivity index (χ0n) is 10.1. The Morgan fingerprint density at radius 2 is 2.18 bits per heavy atom. The quantitative estimate of drug-likeness (QED) is 0.626. The molecule has 0 aromatic carbocycles. The first-order valence-electron chi connectivity index (χ1n) is 5.77. The van der Waals surface area contributed by atoms with E-state index in [0.717, 1.165) is 19.3 Å². The number of rotatable bonds is 7. The van der Waals surface area contributed by atoms with Crippen LogP contribution in [0.4, 0.5) is 0 Å². The van der Waals surface area contributed by atoms with E-state index < -0.39 is 5.41 Å². The van der Waals surface area contributed by atoms with Gasteiger partial charge in [0.2, 0.25) is 5.91 Å². The Kier molecular flexibility index (Phi) is 5.30. The van der Waals surface area contributed by atoms with Gasteiger partial charge in [0.05, 0.1) is 23.6 Å². The molecule has 1 saturated carbocycles. The van der Waals surface area contributed by atoms with Crippen molar-refractivity contribution in [2.24, 2.45) is 11.1 Å². The molecular weight excluding hydrogens is 240 g/mol. The lowest BCUT2D eigenvalue weighted by Crippen LogP contribution is -2.55. The molecule has 0 aliphatic heterocycles. The predicted molar refractivity (Wildman–Crippen MR) is 68.6 cm³/mol. The standard InChI is InChI=1S/C11H20N2O3S/c1-16-8-6-13(5-7-14)10(15)11(9(12)17)3-2-4-11/h14H,2-8H2,1H3,(H2,12,17). The summed E-state index contributed by atoms with van der Waals surface area (Å²) >= 11 is 5.01. The summed E-state index contributed by atoms with van der Waals surface area (Å²) in [5.41, 5.74) is 5.02. The smallest absolute Gasteiger partial charge is 0.235 e. The summed E-state index contributed by atoms with van der Waals surface area (Å²) in [7, 11) is 1.58. The Morgan fingerprint density at radius 1 is 1.53 bits per heavy atom. The van der Waals surface area contributed by atoms with Gasteiger partial charge in [-0.25, -0.2) is 0 Å². The van der Waals surface area contributed by atoms with E-state index in [-0.39, 0.29) is 17.5 Å². The Balaban J connectivity index is 2.71. The zero-order chi connectivity index (χ0) is 12.9. The largest absolute Gasteiger partial charge is 0.395 e. The molecule has 0 spiro atoms. The van der Waals surface area contributed by atoms with Crippen molar-refractivity contribution >= 4 is 23.1 Å². The van der Waals surface area contributed by atoms with Crippen LogP contribution >= 0.6 is 12.2 Å². The Morgan fingerprint density at radius 3 is 2.53 bits per heavy atom. The molecule has 0 saturated heterocycles. The highest BCUT2D eigenvalue weighted by atomic mass is 32.1. The molecule has 6 heteroatoms. The third-order valence-corrected chi connectivity index (χ3v) is 3.70. The fourth-order valence-electron chi connectivity index (χ4n) is 2.04. The van der Waals surface area contributed by atoms with Crippen LogP contribution in [-0.2, 0) is 9.53 Å². The first kappa shape index (κ1) is 14.3. The molecule has 17 heavy (non-hydrogen) atoms. The van der Waals surface area contributed by atoms with Crippen molar-refractivity contribution in [3.63, 3.8) is 0 Å². The van der Waals surface area contributed by atoms with Crippen LogP contribution in [0.2, 0.25) is 0 Å². The van der Waals surface area contributed by atoms with Crippen LogP contribution in [0.5, 0.6) is 0 Å². The summed E-state index contributed by atoms with van der Waals surface area (Å²) in [6.07, 6.45) is 2.41. The van der Waals surface area contributed by atoms with Crippen LogP contribution in [0.3, 0.4) is 0 Å². The molecule has 0 heterocycles. The third-order valence-electron chi connectivity index (χ3n) is 3.31.